The summed E-state index contributed by atoms with van der Waals surface area (Å²) < 4.78 is 42.0. The molecule has 2 aliphatic heterocycles. The molecule has 2 aromatic carbocycles. The minimum absolute atomic E-state index is 0.00834. The number of alkyl halides is 3. The molecule has 2 saturated heterocycles. The van der Waals surface area contributed by atoms with Gasteiger partial charge in [-0.25, -0.2) is 0 Å². The number of halogens is 4. The molecule has 2 N–H and O–H groups in total. The number of rotatable bonds is 3. The van der Waals surface area contributed by atoms with E-state index in [9.17, 15) is 27.9 Å². The Morgan fingerprint density at radius 2 is 1.76 bits per heavy atom. The van der Waals surface area contributed by atoms with Crippen molar-refractivity contribution in [3.8, 4) is 0 Å². The summed E-state index contributed by atoms with van der Waals surface area (Å²) in [6.07, 6.45) is -4.28. The topological polar surface area (TPSA) is 69.6 Å². The molecule has 176 valence electrons. The molecule has 2 amide bonds. The first-order chi connectivity index (χ1) is 15.6. The fourth-order valence-electron chi connectivity index (χ4n) is 5.13. The maximum Gasteiger partial charge on any atom is 0.430 e. The standard InChI is InChI=1S/C24H24ClF3N2O3/c25-18-8-4-7-17(13-18)23(33,24(26,27)28)21(32)30-11-9-22(10-12-30)14-20(31)29-15-19(22)16-5-2-1-3-6-16/h1-8,13,19,33H,9-12,14-15H2,(H,29,31)/t19-,23?/m0/s1. The molecular weight excluding hydrogens is 457 g/mol. The third kappa shape index (κ3) is 4.22. The van der Waals surface area contributed by atoms with E-state index in [1.165, 1.54) is 12.1 Å². The summed E-state index contributed by atoms with van der Waals surface area (Å²) in [5.74, 6) is -1.54. The number of hydrogen-bond donors (Lipinski definition) is 2. The number of nitrogens with one attached hydrogen (secondary N) is 1. The van der Waals surface area contributed by atoms with Gasteiger partial charge >= 0.3 is 6.18 Å². The summed E-state index contributed by atoms with van der Waals surface area (Å²) in [6.45, 7) is 0.453. The van der Waals surface area contributed by atoms with Crippen LogP contribution in [-0.2, 0) is 15.2 Å². The number of benzene rings is 2. The maximum atomic E-state index is 14.0. The zero-order valence-electron chi connectivity index (χ0n) is 17.7. The van der Waals surface area contributed by atoms with E-state index >= 15 is 0 Å². The van der Waals surface area contributed by atoms with Gasteiger partial charge in [0.15, 0.2) is 0 Å². The molecule has 9 heteroatoms. The minimum atomic E-state index is -5.23. The zero-order valence-corrected chi connectivity index (χ0v) is 18.5. The van der Waals surface area contributed by atoms with Crippen molar-refractivity contribution in [1.82, 2.24) is 10.2 Å². The molecule has 0 aromatic heterocycles. The summed E-state index contributed by atoms with van der Waals surface area (Å²) in [4.78, 5) is 26.4. The fourth-order valence-corrected chi connectivity index (χ4v) is 5.32. The highest BCUT2D eigenvalue weighted by molar-refractivity contribution is 6.30. The van der Waals surface area contributed by atoms with Gasteiger partial charge in [-0.2, -0.15) is 13.2 Å². The van der Waals surface area contributed by atoms with E-state index in [1.54, 1.807) is 0 Å². The second-order valence-corrected chi connectivity index (χ2v) is 9.25. The van der Waals surface area contributed by atoms with Gasteiger partial charge in [0, 0.05) is 42.6 Å². The fraction of sp³-hybridized carbons (Fsp3) is 0.417. The highest BCUT2D eigenvalue weighted by Crippen LogP contribution is 2.50. The Morgan fingerprint density at radius 1 is 1.09 bits per heavy atom. The lowest BCUT2D eigenvalue weighted by Crippen LogP contribution is -2.59. The van der Waals surface area contributed by atoms with Crippen LogP contribution in [0.5, 0.6) is 0 Å². The molecule has 2 aliphatic rings. The molecule has 1 spiro atoms. The number of nitrogens with zero attached hydrogens (tertiary/aromatic N) is 1. The van der Waals surface area contributed by atoms with Crippen LogP contribution in [0.4, 0.5) is 13.2 Å². The minimum Gasteiger partial charge on any atom is -0.368 e. The van der Waals surface area contributed by atoms with Crippen LogP contribution in [0.3, 0.4) is 0 Å². The van der Waals surface area contributed by atoms with E-state index in [-0.39, 0.29) is 36.4 Å². The first-order valence-corrected chi connectivity index (χ1v) is 11.1. The van der Waals surface area contributed by atoms with Gasteiger partial charge in [0.25, 0.3) is 11.5 Å². The zero-order chi connectivity index (χ0) is 23.9. The highest BCUT2D eigenvalue weighted by Gasteiger charge is 2.62. The van der Waals surface area contributed by atoms with Crippen LogP contribution in [-0.4, -0.2) is 47.6 Å². The van der Waals surface area contributed by atoms with Crippen LogP contribution in [0.15, 0.2) is 54.6 Å². The summed E-state index contributed by atoms with van der Waals surface area (Å²) >= 11 is 5.84. The molecule has 0 aliphatic carbocycles. The number of carbonyl (C=O) groups is 2. The summed E-state index contributed by atoms with van der Waals surface area (Å²) in [7, 11) is 0. The van der Waals surface area contributed by atoms with Gasteiger partial charge in [0.1, 0.15) is 0 Å². The Labute approximate surface area is 194 Å². The second kappa shape index (κ2) is 8.65. The van der Waals surface area contributed by atoms with Crippen molar-refractivity contribution >= 4 is 23.4 Å². The summed E-state index contributed by atoms with van der Waals surface area (Å²) in [6, 6.07) is 14.3. The van der Waals surface area contributed by atoms with Crippen molar-refractivity contribution in [2.24, 2.45) is 5.41 Å². The van der Waals surface area contributed by atoms with E-state index < -0.39 is 28.7 Å². The van der Waals surface area contributed by atoms with Crippen LogP contribution in [0, 0.1) is 5.41 Å². The van der Waals surface area contributed by atoms with Gasteiger partial charge in [-0.3, -0.25) is 9.59 Å². The smallest absolute Gasteiger partial charge is 0.368 e. The number of piperidine rings is 2. The van der Waals surface area contributed by atoms with Gasteiger partial charge in [-0.1, -0.05) is 54.1 Å². The second-order valence-electron chi connectivity index (χ2n) is 8.82. The molecule has 0 bridgehead atoms. The SMILES string of the molecule is O=C1CC2(CCN(C(=O)C(O)(c3cccc(Cl)c3)C(F)(F)F)CC2)[C@H](c2ccccc2)CN1. The Bertz CT molecular complexity index is 1040. The van der Waals surface area contributed by atoms with E-state index in [2.05, 4.69) is 5.32 Å². The van der Waals surface area contributed by atoms with Gasteiger partial charge in [0.2, 0.25) is 5.91 Å². The number of likely N-dealkylation sites (tertiary alicyclic amines) is 1. The molecule has 0 radical (unpaired) electrons. The van der Waals surface area contributed by atoms with Crippen molar-refractivity contribution in [3.05, 3.63) is 70.7 Å². The molecule has 2 heterocycles. The Morgan fingerprint density at radius 3 is 2.36 bits per heavy atom. The average Bonchev–Trinajstić information content (AvgIpc) is 2.78. The van der Waals surface area contributed by atoms with Crippen molar-refractivity contribution in [2.75, 3.05) is 19.6 Å². The monoisotopic (exact) mass is 480 g/mol. The molecule has 2 aromatic rings. The van der Waals surface area contributed by atoms with Crippen LogP contribution >= 0.6 is 11.6 Å². The number of carbonyl (C=O) groups excluding carboxylic acids is 2. The largest absolute Gasteiger partial charge is 0.430 e. The van der Waals surface area contributed by atoms with Crippen LogP contribution in [0.1, 0.15) is 36.3 Å². The van der Waals surface area contributed by atoms with Crippen LogP contribution in [0.2, 0.25) is 5.02 Å². The Balaban J connectivity index is 1.60. The Hall–Kier alpha value is -2.58. The predicted molar refractivity (Wildman–Crippen MR) is 116 cm³/mol. The first kappa shape index (κ1) is 23.6. The first-order valence-electron chi connectivity index (χ1n) is 10.7. The molecule has 33 heavy (non-hydrogen) atoms. The normalized spacial score (nSPS) is 22.5. The number of aliphatic hydroxyl groups is 1. The average molecular weight is 481 g/mol. The maximum absolute atomic E-state index is 14.0. The molecule has 1 unspecified atom stereocenters. The lowest BCUT2D eigenvalue weighted by Gasteiger charge is -2.50. The third-order valence-electron chi connectivity index (χ3n) is 6.97. The van der Waals surface area contributed by atoms with Gasteiger partial charge in [-0.15, -0.1) is 0 Å². The van der Waals surface area contributed by atoms with Crippen molar-refractivity contribution < 1.29 is 27.9 Å². The van der Waals surface area contributed by atoms with Gasteiger partial charge < -0.3 is 15.3 Å². The van der Waals surface area contributed by atoms with E-state index in [0.29, 0.717) is 19.4 Å². The summed E-state index contributed by atoms with van der Waals surface area (Å²) in [5, 5.41) is 13.6. The van der Waals surface area contributed by atoms with E-state index in [0.717, 1.165) is 22.6 Å². The molecule has 2 fully saturated rings. The van der Waals surface area contributed by atoms with Crippen molar-refractivity contribution in [2.45, 2.75) is 37.0 Å². The van der Waals surface area contributed by atoms with Crippen molar-refractivity contribution in [3.63, 3.8) is 0 Å². The lowest BCUT2D eigenvalue weighted by atomic mass is 9.62. The van der Waals surface area contributed by atoms with Crippen LogP contribution < -0.4 is 5.32 Å². The molecule has 4 rings (SSSR count). The van der Waals surface area contributed by atoms with Crippen LogP contribution in [0.25, 0.3) is 0 Å². The summed E-state index contributed by atoms with van der Waals surface area (Å²) in [5.41, 5.74) is -3.74. The molecular formula is C24H24ClF3N2O3. The van der Waals surface area contributed by atoms with E-state index in [1.807, 2.05) is 30.3 Å². The van der Waals surface area contributed by atoms with Crippen molar-refractivity contribution in [1.29, 1.82) is 0 Å². The number of amides is 2. The quantitative estimate of drug-likeness (QED) is 0.697. The van der Waals surface area contributed by atoms with E-state index in [4.69, 9.17) is 11.6 Å². The molecule has 5 nitrogen and oxygen atoms in total. The van der Waals surface area contributed by atoms with Gasteiger partial charge in [-0.05, 0) is 36.0 Å². The van der Waals surface area contributed by atoms with Gasteiger partial charge in [0.05, 0.1) is 0 Å². The number of hydrogen-bond acceptors (Lipinski definition) is 3. The predicted octanol–water partition coefficient (Wildman–Crippen LogP) is 4.00. The Kier molecular flexibility index (Phi) is 6.18. The molecule has 2 atom stereocenters. The lowest BCUT2D eigenvalue weighted by molar-refractivity contribution is -0.262. The molecule has 0 saturated carbocycles. The highest BCUT2D eigenvalue weighted by atomic mass is 35.5. The third-order valence-corrected chi connectivity index (χ3v) is 7.20.